The summed E-state index contributed by atoms with van der Waals surface area (Å²) in [4.78, 5) is 16.4. The molecule has 1 aromatic carbocycles. The zero-order valence-electron chi connectivity index (χ0n) is 14.9. The van der Waals surface area contributed by atoms with E-state index < -0.39 is 0 Å². The van der Waals surface area contributed by atoms with Gasteiger partial charge in [0, 0.05) is 17.5 Å². The summed E-state index contributed by atoms with van der Waals surface area (Å²) in [6.07, 6.45) is 6.30. The molecule has 1 heterocycles. The molecule has 26 heavy (non-hydrogen) atoms. The highest BCUT2D eigenvalue weighted by atomic mass is 32.1. The number of thiazole rings is 1. The van der Waals surface area contributed by atoms with Crippen LogP contribution < -0.4 is 10.1 Å². The number of aromatic nitrogens is 1. The molecule has 2 N–H and O–H groups in total. The molecule has 0 saturated heterocycles. The van der Waals surface area contributed by atoms with Gasteiger partial charge in [-0.3, -0.25) is 4.79 Å². The van der Waals surface area contributed by atoms with Crippen LogP contribution in [0.3, 0.4) is 0 Å². The topological polar surface area (TPSA) is 71.5 Å². The summed E-state index contributed by atoms with van der Waals surface area (Å²) in [6.45, 7) is 2.41. The van der Waals surface area contributed by atoms with E-state index >= 15 is 0 Å². The predicted octanol–water partition coefficient (Wildman–Crippen LogP) is 3.46. The highest BCUT2D eigenvalue weighted by molar-refractivity contribution is 7.09. The lowest BCUT2D eigenvalue weighted by Crippen LogP contribution is -2.37. The van der Waals surface area contributed by atoms with Crippen molar-refractivity contribution in [3.8, 4) is 5.75 Å². The van der Waals surface area contributed by atoms with Crippen LogP contribution in [0.2, 0.25) is 0 Å². The Kier molecular flexibility index (Phi) is 6.41. The van der Waals surface area contributed by atoms with E-state index in [2.05, 4.69) is 10.3 Å². The van der Waals surface area contributed by atoms with E-state index in [-0.39, 0.29) is 18.1 Å². The maximum absolute atomic E-state index is 12.1. The Morgan fingerprint density at radius 1 is 1.38 bits per heavy atom. The Morgan fingerprint density at radius 2 is 2.19 bits per heavy atom. The van der Waals surface area contributed by atoms with Crippen molar-refractivity contribution >= 4 is 23.3 Å². The lowest BCUT2D eigenvalue weighted by molar-refractivity contribution is -0.117. The van der Waals surface area contributed by atoms with E-state index in [1.807, 2.05) is 36.6 Å². The van der Waals surface area contributed by atoms with Gasteiger partial charge in [0.2, 0.25) is 5.91 Å². The van der Waals surface area contributed by atoms with E-state index in [1.165, 1.54) is 0 Å². The van der Waals surface area contributed by atoms with Crippen LogP contribution in [0, 0.1) is 6.92 Å². The molecule has 1 aliphatic carbocycles. The van der Waals surface area contributed by atoms with Gasteiger partial charge in [0.15, 0.2) is 0 Å². The fourth-order valence-corrected chi connectivity index (χ4v) is 3.58. The van der Waals surface area contributed by atoms with Crippen molar-refractivity contribution in [2.45, 2.75) is 51.4 Å². The number of nitrogens with zero attached hydrogens (tertiary/aromatic N) is 1. The molecule has 2 aromatic rings. The molecule has 0 unspecified atom stereocenters. The molecule has 6 heteroatoms. The van der Waals surface area contributed by atoms with E-state index in [9.17, 15) is 9.90 Å². The van der Waals surface area contributed by atoms with Gasteiger partial charge in [-0.15, -0.1) is 11.3 Å². The Hall–Kier alpha value is -2.18. The molecule has 0 bridgehead atoms. The summed E-state index contributed by atoms with van der Waals surface area (Å²) in [7, 11) is 0. The minimum atomic E-state index is -0.213. The molecule has 0 spiro atoms. The van der Waals surface area contributed by atoms with Crippen molar-refractivity contribution in [1.29, 1.82) is 0 Å². The molecule has 1 saturated carbocycles. The van der Waals surface area contributed by atoms with Crippen LogP contribution in [0.4, 0.5) is 0 Å². The normalized spacial score (nSPS) is 20.2. The maximum Gasteiger partial charge on any atom is 0.244 e. The number of hydrogen-bond acceptors (Lipinski definition) is 5. The summed E-state index contributed by atoms with van der Waals surface area (Å²) < 4.78 is 5.77. The first kappa shape index (κ1) is 18.6. The van der Waals surface area contributed by atoms with Crippen LogP contribution in [-0.2, 0) is 11.4 Å². The second kappa shape index (κ2) is 8.96. The summed E-state index contributed by atoms with van der Waals surface area (Å²) in [5.41, 5.74) is 1.83. The zero-order valence-corrected chi connectivity index (χ0v) is 15.7. The van der Waals surface area contributed by atoms with Crippen LogP contribution in [-0.4, -0.2) is 28.1 Å². The fraction of sp³-hybridized carbons (Fsp3) is 0.400. The van der Waals surface area contributed by atoms with E-state index in [1.54, 1.807) is 23.5 Å². The number of aliphatic hydroxyl groups excluding tert-OH is 1. The van der Waals surface area contributed by atoms with Crippen molar-refractivity contribution in [1.82, 2.24) is 10.3 Å². The highest BCUT2D eigenvalue weighted by Gasteiger charge is 2.19. The zero-order chi connectivity index (χ0) is 18.4. The van der Waals surface area contributed by atoms with Crippen molar-refractivity contribution in [3.05, 3.63) is 52.0 Å². The molecule has 1 aliphatic rings. The van der Waals surface area contributed by atoms with Gasteiger partial charge >= 0.3 is 0 Å². The summed E-state index contributed by atoms with van der Waals surface area (Å²) in [5, 5.41) is 15.5. The van der Waals surface area contributed by atoms with Gasteiger partial charge < -0.3 is 15.2 Å². The summed E-state index contributed by atoms with van der Waals surface area (Å²) in [6, 6.07) is 7.79. The first-order valence-corrected chi connectivity index (χ1v) is 9.77. The lowest BCUT2D eigenvalue weighted by atomic mass is 9.93. The number of amides is 1. The minimum Gasteiger partial charge on any atom is -0.487 e. The molecule has 138 valence electrons. The number of rotatable bonds is 6. The monoisotopic (exact) mass is 372 g/mol. The van der Waals surface area contributed by atoms with Gasteiger partial charge in [0.05, 0.1) is 16.8 Å². The van der Waals surface area contributed by atoms with E-state index in [0.29, 0.717) is 6.61 Å². The number of ether oxygens (including phenoxy) is 1. The quantitative estimate of drug-likeness (QED) is 0.762. The highest BCUT2D eigenvalue weighted by Crippen LogP contribution is 2.19. The van der Waals surface area contributed by atoms with Crippen LogP contribution in [0.25, 0.3) is 6.08 Å². The van der Waals surface area contributed by atoms with E-state index in [4.69, 9.17) is 4.74 Å². The molecule has 1 amide bonds. The number of aryl methyl sites for hydroxylation is 1. The van der Waals surface area contributed by atoms with Gasteiger partial charge in [0.1, 0.15) is 12.4 Å². The number of aliphatic hydroxyl groups is 1. The molecule has 1 fully saturated rings. The second-order valence-corrected chi connectivity index (χ2v) is 7.63. The average molecular weight is 372 g/mol. The van der Waals surface area contributed by atoms with Crippen molar-refractivity contribution < 1.29 is 14.6 Å². The van der Waals surface area contributed by atoms with Crippen molar-refractivity contribution in [2.75, 3.05) is 0 Å². The van der Waals surface area contributed by atoms with Crippen molar-refractivity contribution in [3.63, 3.8) is 0 Å². The van der Waals surface area contributed by atoms with E-state index in [0.717, 1.165) is 47.7 Å². The largest absolute Gasteiger partial charge is 0.487 e. The van der Waals surface area contributed by atoms with Crippen LogP contribution in [0.5, 0.6) is 5.75 Å². The van der Waals surface area contributed by atoms with Crippen molar-refractivity contribution in [2.24, 2.45) is 0 Å². The lowest BCUT2D eigenvalue weighted by Gasteiger charge is -2.25. The Balaban J connectivity index is 1.50. The van der Waals surface area contributed by atoms with Crippen LogP contribution >= 0.6 is 11.3 Å². The van der Waals surface area contributed by atoms with Crippen LogP contribution in [0.15, 0.2) is 35.7 Å². The number of carbonyl (C=O) groups is 1. The molecule has 0 aliphatic heterocycles. The number of nitrogens with one attached hydrogen (secondary N) is 1. The smallest absolute Gasteiger partial charge is 0.244 e. The Morgan fingerprint density at radius 3 is 2.92 bits per heavy atom. The number of carbonyl (C=O) groups excluding carboxylic acids is 1. The summed E-state index contributed by atoms with van der Waals surface area (Å²) >= 11 is 1.61. The minimum absolute atomic E-state index is 0.101. The third-order valence-electron chi connectivity index (χ3n) is 4.38. The van der Waals surface area contributed by atoms with Gasteiger partial charge in [-0.25, -0.2) is 4.98 Å². The third kappa shape index (κ3) is 5.68. The molecular formula is C20H24N2O3S. The first-order valence-electron chi connectivity index (χ1n) is 8.89. The van der Waals surface area contributed by atoms with Gasteiger partial charge in [-0.2, -0.15) is 0 Å². The number of hydrogen-bond donors (Lipinski definition) is 2. The molecule has 3 rings (SSSR count). The third-order valence-corrected chi connectivity index (χ3v) is 5.20. The first-order chi connectivity index (χ1) is 12.6. The number of benzene rings is 1. The Labute approximate surface area is 157 Å². The van der Waals surface area contributed by atoms with Gasteiger partial charge in [-0.1, -0.05) is 12.1 Å². The summed E-state index contributed by atoms with van der Waals surface area (Å²) in [5.74, 6) is 0.648. The van der Waals surface area contributed by atoms with Gasteiger partial charge in [0.25, 0.3) is 0 Å². The average Bonchev–Trinajstić information content (AvgIpc) is 3.06. The fourth-order valence-electron chi connectivity index (χ4n) is 2.98. The molecule has 0 radical (unpaired) electrons. The second-order valence-electron chi connectivity index (χ2n) is 6.57. The molecule has 0 atom stereocenters. The van der Waals surface area contributed by atoms with Crippen LogP contribution in [0.1, 0.15) is 41.9 Å². The Bertz CT molecular complexity index is 764. The maximum atomic E-state index is 12.1. The predicted molar refractivity (Wildman–Crippen MR) is 103 cm³/mol. The standard InChI is InChI=1S/C20H24N2O3S/c1-14-21-17(13-26-14)12-25-19-4-2-3-15(11-19)5-10-20(24)22-16-6-8-18(23)9-7-16/h2-5,10-11,13,16,18,23H,6-9,12H2,1H3,(H,22,24)/b10-5+. The van der Waals surface area contributed by atoms with Gasteiger partial charge in [-0.05, 0) is 56.4 Å². The SMILES string of the molecule is Cc1nc(COc2cccc(/C=C/C(=O)NC3CCC(O)CC3)c2)cs1. The molecule has 1 aromatic heterocycles. The molecule has 5 nitrogen and oxygen atoms in total. The molecular weight excluding hydrogens is 348 g/mol.